The highest BCUT2D eigenvalue weighted by atomic mass is 32.2. The van der Waals surface area contributed by atoms with Gasteiger partial charge < -0.3 is 16.4 Å². The highest BCUT2D eigenvalue weighted by Crippen LogP contribution is 2.31. The first-order valence-electron chi connectivity index (χ1n) is 8.04. The number of hydrogen-bond acceptors (Lipinski definition) is 6. The van der Waals surface area contributed by atoms with Crippen LogP contribution < -0.4 is 11.5 Å². The molecule has 9 heteroatoms. The number of carbonyl (C=O) groups excluding carboxylic acids is 2. The number of amides is 2. The van der Waals surface area contributed by atoms with Crippen molar-refractivity contribution in [1.82, 2.24) is 4.90 Å². The van der Waals surface area contributed by atoms with Gasteiger partial charge in [0.15, 0.2) is 0 Å². The van der Waals surface area contributed by atoms with Crippen LogP contribution in [0.25, 0.3) is 0 Å². The lowest BCUT2D eigenvalue weighted by Crippen LogP contribution is -2.49. The van der Waals surface area contributed by atoms with Crippen LogP contribution in [0.15, 0.2) is 23.1 Å². The Morgan fingerprint density at radius 1 is 1.44 bits per heavy atom. The van der Waals surface area contributed by atoms with Gasteiger partial charge in [-0.25, -0.2) is 0 Å². The zero-order valence-corrected chi connectivity index (χ0v) is 14.8. The average molecular weight is 366 g/mol. The summed E-state index contributed by atoms with van der Waals surface area (Å²) in [5.41, 5.74) is 10.8. The number of nitrogens with two attached hydrogens (primary N) is 2. The van der Waals surface area contributed by atoms with Crippen LogP contribution in [0.2, 0.25) is 0 Å². The van der Waals surface area contributed by atoms with Crippen LogP contribution in [-0.4, -0.2) is 46.5 Å². The van der Waals surface area contributed by atoms with Gasteiger partial charge in [-0.3, -0.25) is 19.7 Å². The number of primary amides is 1. The fraction of sp³-hybridized carbons (Fsp3) is 0.500. The largest absolute Gasteiger partial charge is 0.366 e. The molecule has 0 aromatic heterocycles. The Hall–Kier alpha value is -2.13. The topological polar surface area (TPSA) is 133 Å². The molecule has 1 aliphatic rings. The van der Waals surface area contributed by atoms with Crippen molar-refractivity contribution in [3.8, 4) is 0 Å². The van der Waals surface area contributed by atoms with Crippen LogP contribution in [-0.2, 0) is 4.79 Å². The molecule has 0 aliphatic carbocycles. The third kappa shape index (κ3) is 4.70. The number of carbonyl (C=O) groups is 2. The van der Waals surface area contributed by atoms with Gasteiger partial charge in [0, 0.05) is 30.8 Å². The Kier molecular flexibility index (Phi) is 6.38. The number of likely N-dealkylation sites (tertiary alicyclic amines) is 1. The van der Waals surface area contributed by atoms with Crippen molar-refractivity contribution in [3.63, 3.8) is 0 Å². The summed E-state index contributed by atoms with van der Waals surface area (Å²) in [5, 5.41) is 11.2. The van der Waals surface area contributed by atoms with Crippen molar-refractivity contribution in [2.24, 2.45) is 17.4 Å². The number of nitrogens with zero attached hydrogens (tertiary/aromatic N) is 2. The molecule has 0 saturated carbocycles. The van der Waals surface area contributed by atoms with E-state index < -0.39 is 10.8 Å². The molecule has 8 nitrogen and oxygen atoms in total. The van der Waals surface area contributed by atoms with Crippen molar-refractivity contribution in [2.45, 2.75) is 30.7 Å². The molecule has 4 N–H and O–H groups in total. The molecule has 2 amide bonds. The van der Waals surface area contributed by atoms with Crippen LogP contribution in [0, 0.1) is 16.0 Å². The first kappa shape index (κ1) is 19.2. The molecule has 0 spiro atoms. The van der Waals surface area contributed by atoms with E-state index in [4.69, 9.17) is 11.5 Å². The molecule has 2 unspecified atom stereocenters. The summed E-state index contributed by atoms with van der Waals surface area (Å²) in [4.78, 5) is 36.4. The number of thioether (sulfide) groups is 1. The molecule has 0 radical (unpaired) electrons. The Morgan fingerprint density at radius 3 is 2.76 bits per heavy atom. The number of piperidine rings is 1. The quantitative estimate of drug-likeness (QED) is 0.444. The van der Waals surface area contributed by atoms with E-state index in [1.165, 1.54) is 12.1 Å². The summed E-state index contributed by atoms with van der Waals surface area (Å²) >= 11 is 1.09. The molecule has 1 aromatic rings. The first-order chi connectivity index (χ1) is 11.8. The van der Waals surface area contributed by atoms with Gasteiger partial charge >= 0.3 is 0 Å². The van der Waals surface area contributed by atoms with Crippen molar-refractivity contribution in [3.05, 3.63) is 33.9 Å². The maximum atomic E-state index is 12.5. The lowest BCUT2D eigenvalue weighted by Gasteiger charge is -2.38. The minimum absolute atomic E-state index is 0.0177. The summed E-state index contributed by atoms with van der Waals surface area (Å²) in [6, 6.07) is 4.03. The summed E-state index contributed by atoms with van der Waals surface area (Å²) in [6.45, 7) is 3.21. The van der Waals surface area contributed by atoms with E-state index in [0.29, 0.717) is 23.9 Å². The standard InChI is InChI=1S/C16H22N4O4S/c1-10-4-5-19(12(6-10)8-17)15(21)9-25-14-3-2-11(16(18)22)7-13(14)20(23)24/h2-3,7,10,12H,4-6,8-9,17H2,1H3,(H2,18,22). The number of hydrogen-bond donors (Lipinski definition) is 2. The third-order valence-electron chi connectivity index (χ3n) is 4.36. The first-order valence-corrected chi connectivity index (χ1v) is 9.02. The second-order valence-electron chi connectivity index (χ2n) is 6.20. The monoisotopic (exact) mass is 366 g/mol. The maximum Gasteiger partial charge on any atom is 0.283 e. The number of nitro groups is 1. The Balaban J connectivity index is 2.08. The summed E-state index contributed by atoms with van der Waals surface area (Å²) in [7, 11) is 0. The summed E-state index contributed by atoms with van der Waals surface area (Å²) in [5.74, 6) is -0.195. The second kappa shape index (κ2) is 8.30. The van der Waals surface area contributed by atoms with E-state index in [2.05, 4.69) is 6.92 Å². The van der Waals surface area contributed by atoms with E-state index in [9.17, 15) is 19.7 Å². The minimum Gasteiger partial charge on any atom is -0.366 e. The summed E-state index contributed by atoms with van der Waals surface area (Å²) in [6.07, 6.45) is 1.81. The lowest BCUT2D eigenvalue weighted by atomic mass is 9.92. The van der Waals surface area contributed by atoms with Crippen LogP contribution in [0.4, 0.5) is 5.69 Å². The third-order valence-corrected chi connectivity index (χ3v) is 5.41. The predicted octanol–water partition coefficient (Wildman–Crippen LogP) is 1.37. The maximum absolute atomic E-state index is 12.5. The molecule has 136 valence electrons. The fourth-order valence-corrected chi connectivity index (χ4v) is 3.85. The Morgan fingerprint density at radius 2 is 2.16 bits per heavy atom. The minimum atomic E-state index is -0.732. The fourth-order valence-electron chi connectivity index (χ4n) is 2.96. The predicted molar refractivity (Wildman–Crippen MR) is 95.3 cm³/mol. The van der Waals surface area contributed by atoms with Gasteiger partial charge in [0.2, 0.25) is 11.8 Å². The molecule has 1 fully saturated rings. The number of benzene rings is 1. The van der Waals surface area contributed by atoms with Crippen molar-refractivity contribution < 1.29 is 14.5 Å². The molecule has 1 saturated heterocycles. The number of rotatable bonds is 6. The van der Waals surface area contributed by atoms with Crippen LogP contribution >= 0.6 is 11.8 Å². The van der Waals surface area contributed by atoms with Crippen molar-refractivity contribution in [1.29, 1.82) is 0 Å². The SMILES string of the molecule is CC1CCN(C(=O)CSc2ccc(C(N)=O)cc2[N+](=O)[O-])C(CN)C1. The molecular formula is C16H22N4O4S. The molecule has 1 aliphatic heterocycles. The molecule has 1 aromatic carbocycles. The summed E-state index contributed by atoms with van der Waals surface area (Å²) < 4.78 is 0. The van der Waals surface area contributed by atoms with E-state index in [1.807, 2.05) is 0 Å². The van der Waals surface area contributed by atoms with E-state index in [1.54, 1.807) is 4.90 Å². The normalized spacial score (nSPS) is 20.3. The molecule has 2 rings (SSSR count). The number of nitro benzene ring substituents is 1. The second-order valence-corrected chi connectivity index (χ2v) is 7.22. The molecular weight excluding hydrogens is 344 g/mol. The Bertz CT molecular complexity index is 682. The van der Waals surface area contributed by atoms with Gasteiger partial charge in [0.05, 0.1) is 15.6 Å². The van der Waals surface area contributed by atoms with E-state index in [0.717, 1.165) is 30.7 Å². The van der Waals surface area contributed by atoms with Gasteiger partial charge in [0.25, 0.3) is 5.69 Å². The van der Waals surface area contributed by atoms with Crippen molar-refractivity contribution >= 4 is 29.3 Å². The molecule has 25 heavy (non-hydrogen) atoms. The average Bonchev–Trinajstić information content (AvgIpc) is 2.59. The van der Waals surface area contributed by atoms with E-state index >= 15 is 0 Å². The molecule has 0 bridgehead atoms. The Labute approximate surface area is 150 Å². The zero-order valence-electron chi connectivity index (χ0n) is 14.0. The highest BCUT2D eigenvalue weighted by molar-refractivity contribution is 8.00. The van der Waals surface area contributed by atoms with Crippen LogP contribution in [0.1, 0.15) is 30.1 Å². The van der Waals surface area contributed by atoms with E-state index in [-0.39, 0.29) is 29.0 Å². The van der Waals surface area contributed by atoms with Gasteiger partial charge in [-0.05, 0) is 30.9 Å². The van der Waals surface area contributed by atoms with Crippen LogP contribution in [0.3, 0.4) is 0 Å². The van der Waals surface area contributed by atoms with Gasteiger partial charge in [-0.15, -0.1) is 11.8 Å². The lowest BCUT2D eigenvalue weighted by molar-refractivity contribution is -0.387. The van der Waals surface area contributed by atoms with Gasteiger partial charge in [-0.2, -0.15) is 0 Å². The van der Waals surface area contributed by atoms with Crippen LogP contribution in [0.5, 0.6) is 0 Å². The van der Waals surface area contributed by atoms with Gasteiger partial charge in [0.1, 0.15) is 0 Å². The van der Waals surface area contributed by atoms with Gasteiger partial charge in [-0.1, -0.05) is 6.92 Å². The zero-order chi connectivity index (χ0) is 18.6. The van der Waals surface area contributed by atoms with Crippen molar-refractivity contribution in [2.75, 3.05) is 18.8 Å². The molecule has 1 heterocycles. The highest BCUT2D eigenvalue weighted by Gasteiger charge is 2.29. The smallest absolute Gasteiger partial charge is 0.283 e. The molecule has 2 atom stereocenters.